The van der Waals surface area contributed by atoms with Crippen molar-refractivity contribution in [1.82, 2.24) is 15.0 Å². The van der Waals surface area contributed by atoms with Crippen molar-refractivity contribution in [3.05, 3.63) is 34.3 Å². The molecule has 0 amide bonds. The van der Waals surface area contributed by atoms with Crippen LogP contribution in [0.15, 0.2) is 29.1 Å². The van der Waals surface area contributed by atoms with Gasteiger partial charge < -0.3 is 10.1 Å². The van der Waals surface area contributed by atoms with E-state index in [0.717, 1.165) is 5.69 Å². The molecule has 2 aromatic rings. The van der Waals surface area contributed by atoms with Gasteiger partial charge in [0.1, 0.15) is 9.76 Å². The number of hydrogen-bond donors (Lipinski definition) is 1. The van der Waals surface area contributed by atoms with Crippen LogP contribution in [-0.4, -0.2) is 22.1 Å². The standard InChI is InChI=1S/C10H8BrClN4O/c1-17-8-3-2-6(4-13-8)15-10-9(11)16-7(12)5-14-10/h2-5H,1H3,(H,14,15). The summed E-state index contributed by atoms with van der Waals surface area (Å²) in [6.45, 7) is 0. The number of anilines is 2. The predicted octanol–water partition coefficient (Wildman–Crippen LogP) is 3.04. The molecule has 0 saturated carbocycles. The van der Waals surface area contributed by atoms with Gasteiger partial charge >= 0.3 is 0 Å². The summed E-state index contributed by atoms with van der Waals surface area (Å²) in [4.78, 5) is 12.2. The molecular weight excluding hydrogens is 307 g/mol. The van der Waals surface area contributed by atoms with Gasteiger partial charge in [-0.2, -0.15) is 0 Å². The highest BCUT2D eigenvalue weighted by Crippen LogP contribution is 2.23. The van der Waals surface area contributed by atoms with Gasteiger partial charge in [-0.15, -0.1) is 0 Å². The Balaban J connectivity index is 2.19. The fourth-order valence-corrected chi connectivity index (χ4v) is 1.77. The highest BCUT2D eigenvalue weighted by molar-refractivity contribution is 9.10. The highest BCUT2D eigenvalue weighted by Gasteiger charge is 2.04. The van der Waals surface area contributed by atoms with Crippen molar-refractivity contribution in [2.75, 3.05) is 12.4 Å². The van der Waals surface area contributed by atoms with E-state index in [1.807, 2.05) is 6.07 Å². The number of ether oxygens (including phenoxy) is 1. The van der Waals surface area contributed by atoms with E-state index in [-0.39, 0.29) is 0 Å². The second kappa shape index (κ2) is 5.29. The summed E-state index contributed by atoms with van der Waals surface area (Å²) in [5.41, 5.74) is 0.781. The van der Waals surface area contributed by atoms with Gasteiger partial charge in [-0.25, -0.2) is 15.0 Å². The van der Waals surface area contributed by atoms with Crippen LogP contribution in [0, 0.1) is 0 Å². The van der Waals surface area contributed by atoms with Crippen LogP contribution < -0.4 is 10.1 Å². The molecule has 0 fully saturated rings. The Morgan fingerprint density at radius 1 is 1.29 bits per heavy atom. The number of hydrogen-bond acceptors (Lipinski definition) is 5. The maximum atomic E-state index is 5.70. The first-order valence-corrected chi connectivity index (χ1v) is 5.81. The minimum Gasteiger partial charge on any atom is -0.481 e. The average Bonchev–Trinajstić information content (AvgIpc) is 2.34. The molecule has 0 bridgehead atoms. The number of pyridine rings is 1. The van der Waals surface area contributed by atoms with Crippen molar-refractivity contribution >= 4 is 39.0 Å². The molecule has 0 aliphatic heterocycles. The lowest BCUT2D eigenvalue weighted by Gasteiger charge is -2.07. The Morgan fingerprint density at radius 2 is 2.12 bits per heavy atom. The van der Waals surface area contributed by atoms with Crippen LogP contribution in [0.3, 0.4) is 0 Å². The molecule has 0 saturated heterocycles. The van der Waals surface area contributed by atoms with Crippen LogP contribution in [0.4, 0.5) is 11.5 Å². The average molecular weight is 316 g/mol. The van der Waals surface area contributed by atoms with E-state index in [4.69, 9.17) is 16.3 Å². The summed E-state index contributed by atoms with van der Waals surface area (Å²) in [6.07, 6.45) is 3.10. The molecule has 0 unspecified atom stereocenters. The smallest absolute Gasteiger partial charge is 0.213 e. The number of halogens is 2. The molecule has 1 N–H and O–H groups in total. The number of nitrogens with zero attached hydrogens (tertiary/aromatic N) is 3. The summed E-state index contributed by atoms with van der Waals surface area (Å²) >= 11 is 8.97. The third-order valence-electron chi connectivity index (χ3n) is 1.91. The zero-order chi connectivity index (χ0) is 12.3. The second-order valence-corrected chi connectivity index (χ2v) is 4.18. The lowest BCUT2D eigenvalue weighted by molar-refractivity contribution is 0.398. The molecule has 7 heteroatoms. The Bertz CT molecular complexity index is 520. The van der Waals surface area contributed by atoms with Gasteiger partial charge in [-0.05, 0) is 22.0 Å². The lowest BCUT2D eigenvalue weighted by Crippen LogP contribution is -1.97. The second-order valence-electron chi connectivity index (χ2n) is 3.05. The summed E-state index contributed by atoms with van der Waals surface area (Å²) < 4.78 is 5.51. The van der Waals surface area contributed by atoms with Crippen LogP contribution in [0.5, 0.6) is 5.88 Å². The van der Waals surface area contributed by atoms with Crippen LogP contribution in [0.2, 0.25) is 5.15 Å². The molecule has 88 valence electrons. The van der Waals surface area contributed by atoms with Crippen molar-refractivity contribution < 1.29 is 4.74 Å². The normalized spacial score (nSPS) is 10.1. The van der Waals surface area contributed by atoms with Crippen LogP contribution >= 0.6 is 27.5 Å². The van der Waals surface area contributed by atoms with E-state index in [0.29, 0.717) is 21.5 Å². The van der Waals surface area contributed by atoms with Crippen molar-refractivity contribution in [2.45, 2.75) is 0 Å². The van der Waals surface area contributed by atoms with Crippen molar-refractivity contribution in [2.24, 2.45) is 0 Å². The Labute approximate surface area is 111 Å². The monoisotopic (exact) mass is 314 g/mol. The molecule has 0 aromatic carbocycles. The lowest BCUT2D eigenvalue weighted by atomic mass is 10.4. The van der Waals surface area contributed by atoms with E-state index >= 15 is 0 Å². The minimum atomic E-state index is 0.329. The first-order chi connectivity index (χ1) is 8.19. The Kier molecular flexibility index (Phi) is 3.75. The van der Waals surface area contributed by atoms with Gasteiger partial charge in [-0.1, -0.05) is 11.6 Å². The minimum absolute atomic E-state index is 0.329. The Morgan fingerprint density at radius 3 is 2.71 bits per heavy atom. The van der Waals surface area contributed by atoms with E-state index in [1.54, 1.807) is 19.4 Å². The zero-order valence-electron chi connectivity index (χ0n) is 8.82. The third-order valence-corrected chi connectivity index (χ3v) is 2.64. The van der Waals surface area contributed by atoms with E-state index in [2.05, 4.69) is 36.2 Å². The number of methoxy groups -OCH3 is 1. The Hall–Kier alpha value is -1.40. The SMILES string of the molecule is COc1ccc(Nc2ncc(Cl)nc2Br)cn1. The summed E-state index contributed by atoms with van der Waals surface area (Å²) in [5.74, 6) is 1.12. The summed E-state index contributed by atoms with van der Waals surface area (Å²) in [7, 11) is 1.57. The molecule has 0 spiro atoms. The molecule has 2 rings (SSSR count). The number of rotatable bonds is 3. The topological polar surface area (TPSA) is 59.9 Å². The first-order valence-electron chi connectivity index (χ1n) is 4.64. The maximum absolute atomic E-state index is 5.70. The van der Waals surface area contributed by atoms with Crippen molar-refractivity contribution in [3.63, 3.8) is 0 Å². The molecule has 17 heavy (non-hydrogen) atoms. The molecule has 0 aliphatic rings. The predicted molar refractivity (Wildman–Crippen MR) is 68.8 cm³/mol. The van der Waals surface area contributed by atoms with Gasteiger partial charge in [0.2, 0.25) is 5.88 Å². The molecule has 0 radical (unpaired) electrons. The van der Waals surface area contributed by atoms with Gasteiger partial charge in [0, 0.05) is 6.07 Å². The van der Waals surface area contributed by atoms with E-state index < -0.39 is 0 Å². The molecule has 5 nitrogen and oxygen atoms in total. The first kappa shape index (κ1) is 12.1. The molecular formula is C10H8BrClN4O. The van der Waals surface area contributed by atoms with Crippen LogP contribution in [0.25, 0.3) is 0 Å². The highest BCUT2D eigenvalue weighted by atomic mass is 79.9. The molecule has 2 heterocycles. The van der Waals surface area contributed by atoms with E-state index in [1.165, 1.54) is 6.20 Å². The van der Waals surface area contributed by atoms with Gasteiger partial charge in [-0.3, -0.25) is 0 Å². The largest absolute Gasteiger partial charge is 0.481 e. The zero-order valence-corrected chi connectivity index (χ0v) is 11.2. The van der Waals surface area contributed by atoms with Crippen LogP contribution in [0.1, 0.15) is 0 Å². The fraction of sp³-hybridized carbons (Fsp3) is 0.100. The van der Waals surface area contributed by atoms with Crippen molar-refractivity contribution in [3.8, 4) is 5.88 Å². The third kappa shape index (κ3) is 3.04. The summed E-state index contributed by atoms with van der Waals surface area (Å²) in [6, 6.07) is 3.58. The van der Waals surface area contributed by atoms with Gasteiger partial charge in [0.05, 0.1) is 25.2 Å². The van der Waals surface area contributed by atoms with E-state index in [9.17, 15) is 0 Å². The van der Waals surface area contributed by atoms with Crippen molar-refractivity contribution in [1.29, 1.82) is 0 Å². The number of nitrogens with one attached hydrogen (secondary N) is 1. The van der Waals surface area contributed by atoms with Crippen LogP contribution in [-0.2, 0) is 0 Å². The molecule has 2 aromatic heterocycles. The summed E-state index contributed by atoms with van der Waals surface area (Å²) in [5, 5.41) is 3.38. The molecule has 0 atom stereocenters. The fourth-order valence-electron chi connectivity index (χ4n) is 1.14. The van der Waals surface area contributed by atoms with Gasteiger partial charge in [0.25, 0.3) is 0 Å². The van der Waals surface area contributed by atoms with Gasteiger partial charge in [0.15, 0.2) is 5.82 Å². The maximum Gasteiger partial charge on any atom is 0.213 e. The molecule has 0 aliphatic carbocycles. The number of aromatic nitrogens is 3. The quantitative estimate of drug-likeness (QED) is 0.943.